The van der Waals surface area contributed by atoms with E-state index in [1.807, 2.05) is 0 Å². The van der Waals surface area contributed by atoms with Crippen LogP contribution in [-0.4, -0.2) is 52.7 Å². The molecular weight excluding hydrogens is 411 g/mol. The van der Waals surface area contributed by atoms with Gasteiger partial charge in [0, 0.05) is 44.0 Å². The molecule has 3 heterocycles. The summed E-state index contributed by atoms with van der Waals surface area (Å²) in [4.78, 5) is 17.7. The number of rotatable bonds is 3. The van der Waals surface area contributed by atoms with E-state index in [0.717, 1.165) is 52.0 Å². The molecule has 0 radical (unpaired) electrons. The Hall–Kier alpha value is -1.71. The summed E-state index contributed by atoms with van der Waals surface area (Å²) in [6, 6.07) is 3.89. The van der Waals surface area contributed by atoms with Crippen LogP contribution in [0.25, 0.3) is 11.0 Å². The predicted molar refractivity (Wildman–Crippen MR) is 105 cm³/mol. The lowest BCUT2D eigenvalue weighted by Crippen LogP contribution is -2.53. The fraction of sp³-hybridized carbons (Fsp3) is 0.632. The summed E-state index contributed by atoms with van der Waals surface area (Å²) in [5.41, 5.74) is 0.776. The van der Waals surface area contributed by atoms with E-state index in [1.54, 1.807) is 4.57 Å². The zero-order valence-corrected chi connectivity index (χ0v) is 16.9. The lowest BCUT2D eigenvalue weighted by Gasteiger charge is -2.47. The molecule has 1 aromatic carbocycles. The summed E-state index contributed by atoms with van der Waals surface area (Å²) < 4.78 is 48.7. The number of alkyl halides is 3. The average Bonchev–Trinajstić information content (AvgIpc) is 2.96. The fourth-order valence-corrected chi connectivity index (χ4v) is 4.45. The third-order valence-corrected chi connectivity index (χ3v) is 6.09. The molecule has 0 unspecified atom stereocenters. The maximum absolute atomic E-state index is 12.5. The predicted octanol–water partition coefficient (Wildman–Crippen LogP) is 3.86. The van der Waals surface area contributed by atoms with Crippen molar-refractivity contribution in [2.75, 3.05) is 26.3 Å². The molecule has 0 aliphatic carbocycles. The molecule has 0 amide bonds. The Morgan fingerprint density at radius 1 is 1.21 bits per heavy atom. The van der Waals surface area contributed by atoms with E-state index in [-0.39, 0.29) is 35.4 Å². The van der Waals surface area contributed by atoms with Gasteiger partial charge >= 0.3 is 12.1 Å². The number of hydrogen-bond acceptors (Lipinski definition) is 4. The van der Waals surface area contributed by atoms with Crippen LogP contribution in [-0.2, 0) is 4.74 Å². The SMILES string of the molecule is CC1(N2CCC(n3c(=O)[nH]c4ccc(OC(F)(F)F)cc43)CC2)CCOCC1.Cl. The van der Waals surface area contributed by atoms with Gasteiger partial charge < -0.3 is 14.5 Å². The first-order valence-corrected chi connectivity index (χ1v) is 9.58. The van der Waals surface area contributed by atoms with Gasteiger partial charge in [0.15, 0.2) is 0 Å². The standard InChI is InChI=1S/C19H24F3N3O3.ClH/c1-18(6-10-27-11-7-18)24-8-4-13(5-9-24)25-16-12-14(28-19(20,21)22)2-3-15(16)23-17(25)26;/h2-3,12-13H,4-11H2,1H3,(H,23,26);1H. The molecule has 4 rings (SSSR count). The van der Waals surface area contributed by atoms with E-state index >= 15 is 0 Å². The summed E-state index contributed by atoms with van der Waals surface area (Å²) in [6.45, 7) is 5.48. The molecule has 162 valence electrons. The fourth-order valence-electron chi connectivity index (χ4n) is 4.45. The largest absolute Gasteiger partial charge is 0.573 e. The number of H-pyrrole nitrogens is 1. The minimum atomic E-state index is -4.76. The quantitative estimate of drug-likeness (QED) is 0.795. The number of hydrogen-bond donors (Lipinski definition) is 1. The van der Waals surface area contributed by atoms with E-state index < -0.39 is 6.36 Å². The van der Waals surface area contributed by atoms with Crippen LogP contribution in [0.1, 0.15) is 38.6 Å². The number of nitrogens with one attached hydrogen (secondary N) is 1. The highest BCUT2D eigenvalue weighted by molar-refractivity contribution is 5.85. The van der Waals surface area contributed by atoms with Crippen LogP contribution < -0.4 is 10.4 Å². The topological polar surface area (TPSA) is 59.5 Å². The van der Waals surface area contributed by atoms with Crippen LogP contribution in [0, 0.1) is 0 Å². The monoisotopic (exact) mass is 435 g/mol. The number of fused-ring (bicyclic) bond motifs is 1. The van der Waals surface area contributed by atoms with E-state index in [4.69, 9.17) is 4.74 Å². The molecule has 2 aliphatic rings. The Morgan fingerprint density at radius 3 is 2.48 bits per heavy atom. The van der Waals surface area contributed by atoms with Crippen LogP contribution >= 0.6 is 12.4 Å². The van der Waals surface area contributed by atoms with Crippen molar-refractivity contribution in [3.8, 4) is 5.75 Å². The van der Waals surface area contributed by atoms with E-state index in [0.29, 0.717) is 11.0 Å². The number of ether oxygens (including phenoxy) is 2. The van der Waals surface area contributed by atoms with Gasteiger partial charge in [0.25, 0.3) is 0 Å². The van der Waals surface area contributed by atoms with Gasteiger partial charge in [-0.25, -0.2) is 4.79 Å². The number of piperidine rings is 1. The molecule has 0 saturated carbocycles. The second kappa shape index (κ2) is 8.20. The van der Waals surface area contributed by atoms with Crippen LogP contribution in [0.3, 0.4) is 0 Å². The molecule has 0 atom stereocenters. The molecule has 0 bridgehead atoms. The molecule has 1 aromatic heterocycles. The van der Waals surface area contributed by atoms with Gasteiger partial charge in [-0.3, -0.25) is 9.47 Å². The van der Waals surface area contributed by atoms with Crippen LogP contribution in [0.4, 0.5) is 13.2 Å². The smallest absolute Gasteiger partial charge is 0.406 e. The van der Waals surface area contributed by atoms with Crippen molar-refractivity contribution in [3.05, 3.63) is 28.7 Å². The van der Waals surface area contributed by atoms with E-state index in [1.165, 1.54) is 18.2 Å². The van der Waals surface area contributed by atoms with Crippen molar-refractivity contribution in [2.45, 2.75) is 50.6 Å². The number of aromatic nitrogens is 2. The third-order valence-electron chi connectivity index (χ3n) is 6.09. The lowest BCUT2D eigenvalue weighted by atomic mass is 9.87. The Morgan fingerprint density at radius 2 is 1.86 bits per heavy atom. The van der Waals surface area contributed by atoms with Crippen LogP contribution in [0.2, 0.25) is 0 Å². The molecule has 2 aromatic rings. The van der Waals surface area contributed by atoms with Crippen molar-refractivity contribution in [1.82, 2.24) is 14.5 Å². The van der Waals surface area contributed by atoms with Gasteiger partial charge in [-0.2, -0.15) is 0 Å². The highest BCUT2D eigenvalue weighted by atomic mass is 35.5. The molecule has 2 fully saturated rings. The molecular formula is C19H25ClF3N3O3. The van der Waals surface area contributed by atoms with Gasteiger partial charge in [-0.1, -0.05) is 0 Å². The highest BCUT2D eigenvalue weighted by Crippen LogP contribution is 2.34. The first-order valence-electron chi connectivity index (χ1n) is 9.58. The second-order valence-corrected chi connectivity index (χ2v) is 7.85. The average molecular weight is 436 g/mol. The van der Waals surface area contributed by atoms with Gasteiger partial charge in [0.1, 0.15) is 5.75 Å². The Kier molecular flexibility index (Phi) is 6.21. The van der Waals surface area contributed by atoms with Crippen LogP contribution in [0.5, 0.6) is 5.75 Å². The van der Waals surface area contributed by atoms with Crippen LogP contribution in [0.15, 0.2) is 23.0 Å². The van der Waals surface area contributed by atoms with Crippen molar-refractivity contribution in [3.63, 3.8) is 0 Å². The Labute approximate surface area is 172 Å². The number of likely N-dealkylation sites (tertiary alicyclic amines) is 1. The maximum Gasteiger partial charge on any atom is 0.573 e. The minimum Gasteiger partial charge on any atom is -0.406 e. The number of halogens is 4. The summed E-state index contributed by atoms with van der Waals surface area (Å²) in [5, 5.41) is 0. The van der Waals surface area contributed by atoms with E-state index in [2.05, 4.69) is 21.5 Å². The van der Waals surface area contributed by atoms with Crippen molar-refractivity contribution >= 4 is 23.4 Å². The van der Waals surface area contributed by atoms with Gasteiger partial charge in [0.05, 0.1) is 11.0 Å². The zero-order valence-electron chi connectivity index (χ0n) is 16.1. The molecule has 2 saturated heterocycles. The molecule has 10 heteroatoms. The van der Waals surface area contributed by atoms with Gasteiger partial charge in [-0.15, -0.1) is 25.6 Å². The Balaban J connectivity index is 0.00000240. The minimum absolute atomic E-state index is 0. The molecule has 6 nitrogen and oxygen atoms in total. The Bertz CT molecular complexity index is 897. The number of nitrogens with zero attached hydrogens (tertiary/aromatic N) is 2. The molecule has 29 heavy (non-hydrogen) atoms. The highest BCUT2D eigenvalue weighted by Gasteiger charge is 2.37. The van der Waals surface area contributed by atoms with Gasteiger partial charge in [0.2, 0.25) is 0 Å². The summed E-state index contributed by atoms with van der Waals surface area (Å²) in [6.07, 6.45) is -1.24. The van der Waals surface area contributed by atoms with Gasteiger partial charge in [-0.05, 0) is 44.7 Å². The van der Waals surface area contributed by atoms with E-state index in [9.17, 15) is 18.0 Å². The number of benzene rings is 1. The molecule has 0 spiro atoms. The summed E-state index contributed by atoms with van der Waals surface area (Å²) in [7, 11) is 0. The lowest BCUT2D eigenvalue weighted by molar-refractivity contribution is -0.274. The third kappa shape index (κ3) is 4.57. The normalized spacial score (nSPS) is 21.1. The second-order valence-electron chi connectivity index (χ2n) is 7.85. The van der Waals surface area contributed by atoms with Crippen molar-refractivity contribution < 1.29 is 22.6 Å². The van der Waals surface area contributed by atoms with Crippen molar-refractivity contribution in [2.24, 2.45) is 0 Å². The van der Waals surface area contributed by atoms with Crippen molar-refractivity contribution in [1.29, 1.82) is 0 Å². The summed E-state index contributed by atoms with van der Waals surface area (Å²) >= 11 is 0. The molecule has 1 N–H and O–H groups in total. The maximum atomic E-state index is 12.5. The first-order chi connectivity index (χ1) is 13.3. The molecule has 2 aliphatic heterocycles. The summed E-state index contributed by atoms with van der Waals surface area (Å²) in [5.74, 6) is -0.320. The number of imidazole rings is 1. The zero-order chi connectivity index (χ0) is 19.9. The first kappa shape index (κ1) is 22.0. The number of aromatic amines is 1.